The Morgan fingerprint density at radius 1 is 0.667 bits per heavy atom. The number of nitrogens with one attached hydrogen (secondary N) is 1. The number of rotatable bonds is 13. The highest BCUT2D eigenvalue weighted by atomic mass is 14.5. The van der Waals surface area contributed by atoms with Gasteiger partial charge in [0.15, 0.2) is 0 Å². The molecule has 0 aromatic carbocycles. The van der Waals surface area contributed by atoms with Crippen molar-refractivity contribution in [2.45, 2.75) is 77.6 Å². The largest absolute Gasteiger partial charge is 0.258 e. The molecule has 18 heavy (non-hydrogen) atoms. The van der Waals surface area contributed by atoms with Crippen molar-refractivity contribution in [3.63, 3.8) is 0 Å². The summed E-state index contributed by atoms with van der Waals surface area (Å²) in [7, 11) is 0. The van der Waals surface area contributed by atoms with Crippen LogP contribution in [0.25, 0.3) is 0 Å². The molecule has 0 rings (SSSR count). The average Bonchev–Trinajstić information content (AvgIpc) is 2.39. The van der Waals surface area contributed by atoms with E-state index in [1.807, 2.05) is 0 Å². The fourth-order valence-corrected chi connectivity index (χ4v) is 1.94. The van der Waals surface area contributed by atoms with E-state index in [2.05, 4.69) is 31.2 Å². The second kappa shape index (κ2) is 16.4. The van der Waals surface area contributed by atoms with E-state index < -0.39 is 0 Å². The minimum atomic E-state index is 0.602. The Kier molecular flexibility index (Phi) is 15.9. The smallest absolute Gasteiger partial charge is 0.00997 e. The van der Waals surface area contributed by atoms with Crippen LogP contribution in [-0.4, -0.2) is 6.54 Å². The van der Waals surface area contributed by atoms with Gasteiger partial charge < -0.3 is 0 Å². The molecule has 0 aromatic heterocycles. The van der Waals surface area contributed by atoms with Crippen LogP contribution >= 0.6 is 0 Å². The minimum Gasteiger partial charge on any atom is -0.258 e. The summed E-state index contributed by atoms with van der Waals surface area (Å²) in [6, 6.07) is 0. The van der Waals surface area contributed by atoms with Crippen LogP contribution in [-0.2, 0) is 0 Å². The zero-order valence-corrected chi connectivity index (χ0v) is 12.3. The van der Waals surface area contributed by atoms with Gasteiger partial charge in [0.2, 0.25) is 0 Å². The van der Waals surface area contributed by atoms with Crippen LogP contribution in [0.5, 0.6) is 0 Å². The third-order valence-corrected chi connectivity index (χ3v) is 3.13. The molecule has 1 N–H and O–H groups in total. The summed E-state index contributed by atoms with van der Waals surface area (Å²) in [6.45, 7) is 2.85. The van der Waals surface area contributed by atoms with E-state index in [0.29, 0.717) is 6.54 Å². The predicted molar refractivity (Wildman–Crippen MR) is 82.7 cm³/mol. The summed E-state index contributed by atoms with van der Waals surface area (Å²) in [6.07, 6.45) is 23.1. The van der Waals surface area contributed by atoms with Crippen molar-refractivity contribution in [2.24, 2.45) is 0 Å². The monoisotopic (exact) mass is 250 g/mol. The minimum absolute atomic E-state index is 0.602. The molecule has 0 aliphatic carbocycles. The predicted octanol–water partition coefficient (Wildman–Crippen LogP) is 5.69. The second-order valence-electron chi connectivity index (χ2n) is 4.98. The van der Waals surface area contributed by atoms with E-state index in [1.54, 1.807) is 0 Å². The molecule has 0 aliphatic rings. The van der Waals surface area contributed by atoms with Crippen LogP contribution in [0.15, 0.2) is 24.3 Å². The molecule has 0 aliphatic heterocycles. The highest BCUT2D eigenvalue weighted by molar-refractivity contribution is 4.92. The van der Waals surface area contributed by atoms with Gasteiger partial charge in [-0.15, -0.1) is 0 Å². The highest BCUT2D eigenvalue weighted by Gasteiger charge is 1.87. The Balaban J connectivity index is 3.13. The lowest BCUT2D eigenvalue weighted by Crippen LogP contribution is -1.84. The zero-order valence-electron chi connectivity index (χ0n) is 12.3. The normalized spacial score (nSPS) is 11.9. The van der Waals surface area contributed by atoms with Gasteiger partial charge in [-0.3, -0.25) is 5.73 Å². The quantitative estimate of drug-likeness (QED) is 0.296. The van der Waals surface area contributed by atoms with E-state index in [-0.39, 0.29) is 0 Å². The lowest BCUT2D eigenvalue weighted by Gasteiger charge is -1.97. The number of hydrogen-bond acceptors (Lipinski definition) is 0. The van der Waals surface area contributed by atoms with Gasteiger partial charge in [0, 0.05) is 6.54 Å². The van der Waals surface area contributed by atoms with Crippen LogP contribution in [0.4, 0.5) is 0 Å². The summed E-state index contributed by atoms with van der Waals surface area (Å²) < 4.78 is 0. The Hall–Kier alpha value is -0.560. The molecule has 0 saturated heterocycles. The van der Waals surface area contributed by atoms with Crippen molar-refractivity contribution in [1.82, 2.24) is 5.73 Å². The molecule has 0 fully saturated rings. The molecule has 0 amide bonds. The van der Waals surface area contributed by atoms with Crippen molar-refractivity contribution < 1.29 is 0 Å². The van der Waals surface area contributed by atoms with Crippen molar-refractivity contribution in [2.75, 3.05) is 6.54 Å². The maximum atomic E-state index is 7.05. The van der Waals surface area contributed by atoms with Gasteiger partial charge in [-0.1, -0.05) is 63.3 Å². The molecule has 0 spiro atoms. The molecule has 1 radical (unpaired) electrons. The summed E-state index contributed by atoms with van der Waals surface area (Å²) >= 11 is 0. The lowest BCUT2D eigenvalue weighted by molar-refractivity contribution is 0.619. The first-order valence-electron chi connectivity index (χ1n) is 7.86. The van der Waals surface area contributed by atoms with Crippen LogP contribution < -0.4 is 5.73 Å². The Morgan fingerprint density at radius 3 is 1.83 bits per heavy atom. The van der Waals surface area contributed by atoms with Crippen molar-refractivity contribution >= 4 is 0 Å². The molecule has 0 unspecified atom stereocenters. The third-order valence-electron chi connectivity index (χ3n) is 3.13. The fraction of sp³-hybridized carbons (Fsp3) is 0.765. The van der Waals surface area contributed by atoms with Crippen LogP contribution in [0.3, 0.4) is 0 Å². The molecular formula is C17H32N. The van der Waals surface area contributed by atoms with Crippen molar-refractivity contribution in [3.8, 4) is 0 Å². The van der Waals surface area contributed by atoms with Crippen molar-refractivity contribution in [1.29, 1.82) is 0 Å². The lowest BCUT2D eigenvalue weighted by atomic mass is 10.1. The van der Waals surface area contributed by atoms with E-state index >= 15 is 0 Å². The van der Waals surface area contributed by atoms with Gasteiger partial charge in [-0.25, -0.2) is 0 Å². The Bertz CT molecular complexity index is 194. The van der Waals surface area contributed by atoms with Crippen LogP contribution in [0.1, 0.15) is 77.6 Å². The van der Waals surface area contributed by atoms with Crippen molar-refractivity contribution in [3.05, 3.63) is 24.3 Å². The Labute approximate surface area is 115 Å². The SMILES string of the molecule is CCCCC/C=C/C/C=C/CCCCCCC[NH]. The second-order valence-corrected chi connectivity index (χ2v) is 4.98. The number of unbranched alkanes of at least 4 members (excludes halogenated alkanes) is 8. The van der Waals surface area contributed by atoms with Gasteiger partial charge in [0.25, 0.3) is 0 Å². The summed E-state index contributed by atoms with van der Waals surface area (Å²) in [5.41, 5.74) is 7.05. The molecule has 0 atom stereocenters. The van der Waals surface area contributed by atoms with Gasteiger partial charge in [-0.2, -0.15) is 0 Å². The third kappa shape index (κ3) is 15.4. The van der Waals surface area contributed by atoms with Gasteiger partial charge >= 0.3 is 0 Å². The zero-order chi connectivity index (χ0) is 13.3. The van der Waals surface area contributed by atoms with E-state index in [0.717, 1.165) is 12.8 Å². The molecule has 1 nitrogen and oxygen atoms in total. The van der Waals surface area contributed by atoms with Gasteiger partial charge in [0.05, 0.1) is 0 Å². The molecule has 1 heteroatoms. The Morgan fingerprint density at radius 2 is 1.22 bits per heavy atom. The first kappa shape index (κ1) is 17.4. The van der Waals surface area contributed by atoms with Gasteiger partial charge in [0.1, 0.15) is 0 Å². The highest BCUT2D eigenvalue weighted by Crippen LogP contribution is 2.06. The fourth-order valence-electron chi connectivity index (χ4n) is 1.94. The average molecular weight is 250 g/mol. The van der Waals surface area contributed by atoms with Crippen LogP contribution in [0, 0.1) is 0 Å². The number of hydrogen-bond donors (Lipinski definition) is 0. The molecular weight excluding hydrogens is 218 g/mol. The summed E-state index contributed by atoms with van der Waals surface area (Å²) in [4.78, 5) is 0. The molecule has 105 valence electrons. The molecule has 0 heterocycles. The van der Waals surface area contributed by atoms with E-state index in [4.69, 9.17) is 5.73 Å². The first-order chi connectivity index (χ1) is 8.91. The standard InChI is InChI=1S/C17H32N/c1-2-3-4-5-6-7-8-9-10-11-12-13-14-15-16-17-18/h6-7,9-10,18H,2-5,8,11-17H2,1H3/b7-6+,10-9+. The molecule has 0 saturated carbocycles. The summed E-state index contributed by atoms with van der Waals surface area (Å²) in [5, 5.41) is 0. The van der Waals surface area contributed by atoms with Gasteiger partial charge in [-0.05, 0) is 38.5 Å². The molecule has 0 aromatic rings. The maximum absolute atomic E-state index is 7.05. The maximum Gasteiger partial charge on any atom is 0.00997 e. The summed E-state index contributed by atoms with van der Waals surface area (Å²) in [5.74, 6) is 0. The number of allylic oxidation sites excluding steroid dienone is 4. The van der Waals surface area contributed by atoms with E-state index in [1.165, 1.54) is 57.8 Å². The van der Waals surface area contributed by atoms with E-state index in [9.17, 15) is 0 Å². The first-order valence-corrected chi connectivity index (χ1v) is 7.86. The van der Waals surface area contributed by atoms with Crippen LogP contribution in [0.2, 0.25) is 0 Å². The topological polar surface area (TPSA) is 23.8 Å². The molecule has 0 bridgehead atoms.